The molecule has 0 aliphatic carbocycles. The van der Waals surface area contributed by atoms with Crippen molar-refractivity contribution in [2.75, 3.05) is 6.61 Å². The van der Waals surface area contributed by atoms with Crippen molar-refractivity contribution < 1.29 is 32.3 Å². The highest BCUT2D eigenvalue weighted by molar-refractivity contribution is 7.85. The minimum absolute atomic E-state index is 0.0975. The smallest absolute Gasteiger partial charge is 0.198 e. The topological polar surface area (TPSA) is 107 Å². The molecule has 0 heterocycles. The Kier molecular flexibility index (Phi) is 5.03. The van der Waals surface area contributed by atoms with Gasteiger partial charge in [0.25, 0.3) is 0 Å². The predicted molar refractivity (Wildman–Crippen MR) is 57.5 cm³/mol. The van der Waals surface area contributed by atoms with E-state index in [1.807, 2.05) is 0 Å². The minimum Gasteiger partial charge on any atom is -0.744 e. The third-order valence-electron chi connectivity index (χ3n) is 2.10. The number of benzene rings is 1. The summed E-state index contributed by atoms with van der Waals surface area (Å²) in [4.78, 5) is -0.482. The lowest BCUT2D eigenvalue weighted by molar-refractivity contribution is 0.00135. The van der Waals surface area contributed by atoms with Crippen LogP contribution in [-0.2, 0) is 21.5 Å². The number of aliphatic hydroxyl groups is 1. The molecule has 8 heteroatoms. The number of phenolic OH excluding ortho intramolecular Hbond substituents is 1. The third-order valence-corrected chi connectivity index (χ3v) is 2.93. The van der Waals surface area contributed by atoms with Crippen LogP contribution < -0.4 is 0 Å². The fraction of sp³-hybridized carbons (Fsp3) is 0.400. The van der Waals surface area contributed by atoms with E-state index >= 15 is 0 Å². The molecule has 1 aromatic rings. The number of rotatable bonds is 6. The zero-order valence-corrected chi connectivity index (χ0v) is 10.1. The van der Waals surface area contributed by atoms with E-state index in [-0.39, 0.29) is 30.9 Å². The van der Waals surface area contributed by atoms with Crippen molar-refractivity contribution in [3.8, 4) is 5.75 Å². The van der Waals surface area contributed by atoms with Crippen LogP contribution in [0.25, 0.3) is 0 Å². The highest BCUT2D eigenvalue weighted by atomic mass is 32.2. The first-order valence-electron chi connectivity index (χ1n) is 4.98. The van der Waals surface area contributed by atoms with Crippen molar-refractivity contribution in [3.05, 3.63) is 23.8 Å². The lowest BCUT2D eigenvalue weighted by Crippen LogP contribution is -2.05. The summed E-state index contributed by atoms with van der Waals surface area (Å²) < 4.78 is 49.2. The minimum atomic E-state index is -4.60. The van der Waals surface area contributed by atoms with Crippen LogP contribution >= 0.6 is 0 Å². The summed E-state index contributed by atoms with van der Waals surface area (Å²) in [7, 11) is -4.60. The van der Waals surface area contributed by atoms with Crippen molar-refractivity contribution in [1.29, 1.82) is 0 Å². The molecule has 2 N–H and O–H groups in total. The Bertz CT molecular complexity index is 499. The molecule has 102 valence electrons. The third kappa shape index (κ3) is 4.57. The summed E-state index contributed by atoms with van der Waals surface area (Å²) in [6.45, 7) is -0.298. The maximum absolute atomic E-state index is 12.0. The number of halogens is 1. The zero-order chi connectivity index (χ0) is 13.8. The molecule has 0 spiro atoms. The lowest BCUT2D eigenvalue weighted by Gasteiger charge is -2.11. The Labute approximate surface area is 103 Å². The molecule has 0 saturated heterocycles. The Balaban J connectivity index is 2.70. The first-order valence-corrected chi connectivity index (χ1v) is 6.39. The number of hydrogen-bond donors (Lipinski definition) is 2. The monoisotopic (exact) mass is 279 g/mol. The summed E-state index contributed by atoms with van der Waals surface area (Å²) in [5.41, 5.74) is 0.0975. The normalized spacial score (nSPS) is 13.5. The second-order valence-corrected chi connectivity index (χ2v) is 4.90. The predicted octanol–water partition coefficient (Wildman–Crippen LogP) is 0.491. The Morgan fingerprint density at radius 3 is 2.67 bits per heavy atom. The van der Waals surface area contributed by atoms with Gasteiger partial charge in [0.15, 0.2) is 6.36 Å². The van der Waals surface area contributed by atoms with Gasteiger partial charge in [-0.2, -0.15) is 0 Å². The molecule has 1 unspecified atom stereocenters. The van der Waals surface area contributed by atoms with E-state index in [1.165, 1.54) is 0 Å². The highest BCUT2D eigenvalue weighted by Crippen LogP contribution is 2.22. The average Bonchev–Trinajstić information content (AvgIpc) is 2.24. The van der Waals surface area contributed by atoms with Crippen LogP contribution in [0.5, 0.6) is 5.75 Å². The molecule has 18 heavy (non-hydrogen) atoms. The quantitative estimate of drug-likeness (QED) is 0.579. The molecular weight excluding hydrogens is 267 g/mol. The first kappa shape index (κ1) is 14.8. The molecule has 0 saturated carbocycles. The number of aliphatic hydroxyl groups excluding tert-OH is 1. The summed E-state index contributed by atoms with van der Waals surface area (Å²) in [6, 6.07) is 3.03. The zero-order valence-electron chi connectivity index (χ0n) is 9.24. The number of ether oxygens (including phenoxy) is 1. The fourth-order valence-corrected chi connectivity index (χ4v) is 1.72. The van der Waals surface area contributed by atoms with Crippen molar-refractivity contribution in [3.63, 3.8) is 0 Å². The van der Waals surface area contributed by atoms with Crippen LogP contribution in [0.1, 0.15) is 12.0 Å². The van der Waals surface area contributed by atoms with Crippen LogP contribution in [0.3, 0.4) is 0 Å². The SMILES string of the molecule is O=S(=O)([O-])c1ccc(O)c(COCCC(O)F)c1. The Hall–Kier alpha value is -1.22. The van der Waals surface area contributed by atoms with Gasteiger partial charge in [0.2, 0.25) is 0 Å². The van der Waals surface area contributed by atoms with Crippen LogP contribution in [0, 0.1) is 0 Å². The second-order valence-electron chi connectivity index (χ2n) is 3.52. The van der Waals surface area contributed by atoms with Gasteiger partial charge in [0.1, 0.15) is 15.9 Å². The van der Waals surface area contributed by atoms with Crippen LogP contribution in [0.4, 0.5) is 4.39 Å². The van der Waals surface area contributed by atoms with E-state index in [4.69, 9.17) is 9.84 Å². The Morgan fingerprint density at radius 2 is 2.11 bits per heavy atom. The van der Waals surface area contributed by atoms with Crippen molar-refractivity contribution in [2.24, 2.45) is 0 Å². The molecule has 0 fully saturated rings. The average molecular weight is 279 g/mol. The standard InChI is InChI=1S/C10H13FO6S/c11-10(13)3-4-17-6-7-5-8(18(14,15)16)1-2-9(7)12/h1-2,5,10,12-13H,3-4,6H2,(H,14,15,16)/p-1. The molecule has 0 amide bonds. The number of alkyl halides is 1. The van der Waals surface area contributed by atoms with Crippen molar-refractivity contribution in [1.82, 2.24) is 0 Å². The number of hydrogen-bond acceptors (Lipinski definition) is 6. The Morgan fingerprint density at radius 1 is 1.44 bits per heavy atom. The fourth-order valence-electron chi connectivity index (χ4n) is 1.20. The van der Waals surface area contributed by atoms with E-state index in [0.717, 1.165) is 18.2 Å². The highest BCUT2D eigenvalue weighted by Gasteiger charge is 2.08. The maximum Gasteiger partial charge on any atom is 0.198 e. The van der Waals surface area contributed by atoms with E-state index in [0.29, 0.717) is 0 Å². The van der Waals surface area contributed by atoms with Crippen LogP contribution in [0.15, 0.2) is 23.1 Å². The molecular formula is C10H12FO6S-. The molecule has 0 aliphatic heterocycles. The summed E-state index contributed by atoms with van der Waals surface area (Å²) >= 11 is 0. The van der Waals surface area contributed by atoms with Crippen LogP contribution in [0.2, 0.25) is 0 Å². The van der Waals surface area contributed by atoms with E-state index in [1.54, 1.807) is 0 Å². The molecule has 0 bridgehead atoms. The molecule has 0 aromatic heterocycles. The summed E-state index contributed by atoms with van der Waals surface area (Å²) in [5.74, 6) is -0.233. The largest absolute Gasteiger partial charge is 0.744 e. The molecule has 1 aromatic carbocycles. The summed E-state index contributed by atoms with van der Waals surface area (Å²) in [5, 5.41) is 17.7. The van der Waals surface area contributed by atoms with Gasteiger partial charge in [-0.15, -0.1) is 0 Å². The van der Waals surface area contributed by atoms with Gasteiger partial charge < -0.3 is 19.5 Å². The van der Waals surface area contributed by atoms with Gasteiger partial charge in [-0.1, -0.05) is 0 Å². The molecule has 1 rings (SSSR count). The first-order chi connectivity index (χ1) is 8.30. The van der Waals surface area contributed by atoms with Crippen molar-refractivity contribution >= 4 is 10.1 Å². The van der Waals surface area contributed by atoms with Gasteiger partial charge in [-0.3, -0.25) is 0 Å². The maximum atomic E-state index is 12.0. The molecule has 6 nitrogen and oxygen atoms in total. The number of phenols is 1. The second kappa shape index (κ2) is 6.10. The molecule has 1 atom stereocenters. The molecule has 0 aliphatic rings. The molecule has 0 radical (unpaired) electrons. The van der Waals surface area contributed by atoms with Gasteiger partial charge >= 0.3 is 0 Å². The lowest BCUT2D eigenvalue weighted by atomic mass is 10.2. The van der Waals surface area contributed by atoms with E-state index in [2.05, 4.69) is 0 Å². The van der Waals surface area contributed by atoms with E-state index in [9.17, 15) is 22.5 Å². The van der Waals surface area contributed by atoms with Crippen molar-refractivity contribution in [2.45, 2.75) is 24.3 Å². The van der Waals surface area contributed by atoms with E-state index < -0.39 is 21.4 Å². The van der Waals surface area contributed by atoms with Crippen LogP contribution in [-0.4, -0.2) is 36.1 Å². The number of aromatic hydroxyl groups is 1. The van der Waals surface area contributed by atoms with Gasteiger partial charge in [0, 0.05) is 12.0 Å². The van der Waals surface area contributed by atoms with Gasteiger partial charge in [-0.25, -0.2) is 12.8 Å². The van der Waals surface area contributed by atoms with Gasteiger partial charge in [-0.05, 0) is 18.2 Å². The van der Waals surface area contributed by atoms with Gasteiger partial charge in [0.05, 0.1) is 18.1 Å². The summed E-state index contributed by atoms with van der Waals surface area (Å²) in [6.07, 6.45) is -2.23.